The highest BCUT2D eigenvalue weighted by atomic mass is 35.5. The van der Waals surface area contributed by atoms with Crippen LogP contribution in [0, 0.1) is 5.92 Å². The van der Waals surface area contributed by atoms with E-state index in [9.17, 15) is 9.59 Å². The van der Waals surface area contributed by atoms with Crippen molar-refractivity contribution in [1.82, 2.24) is 0 Å². The Morgan fingerprint density at radius 2 is 1.10 bits per heavy atom. The predicted octanol–water partition coefficient (Wildman–Crippen LogP) is -8.93. The molecule has 12 heteroatoms. The maximum atomic E-state index is 12.9. The number of quaternary nitrogens is 3. The molecule has 0 aliphatic heterocycles. The maximum Gasteiger partial charge on any atom is 0.166 e. The van der Waals surface area contributed by atoms with Gasteiger partial charge < -0.3 is 73.4 Å². The third-order valence-electron chi connectivity index (χ3n) is 5.24. The van der Waals surface area contributed by atoms with Crippen LogP contribution in [-0.4, -0.2) is 58.6 Å². The Bertz CT molecular complexity index is 1000. The maximum absolute atomic E-state index is 12.9. The van der Waals surface area contributed by atoms with E-state index >= 15 is 0 Å². The number of halogens is 3. The topological polar surface area (TPSA) is 154 Å². The van der Waals surface area contributed by atoms with Crippen LogP contribution in [0.1, 0.15) is 17.5 Å². The van der Waals surface area contributed by atoms with Gasteiger partial charge in [0.15, 0.2) is 34.6 Å². The molecule has 0 spiro atoms. The third-order valence-corrected chi connectivity index (χ3v) is 5.24. The molecule has 0 heterocycles. The van der Waals surface area contributed by atoms with Gasteiger partial charge in [0.1, 0.15) is 26.3 Å². The number of allylic oxidation sites excluding steroid dienone is 2. The summed E-state index contributed by atoms with van der Waals surface area (Å²) in [4.78, 5) is 25.8. The molecule has 0 unspecified atom stereocenters. The van der Waals surface area contributed by atoms with Crippen LogP contribution in [0.2, 0.25) is 0 Å². The SMILES string of the molecule is COc1ccc(/C=C/C(=O)C(CC[NH3+])C(=O)/C=C/c2ccc(OC)c(OCC[NH3+])c2)cc1OCC[NH3+].[Cl-].[Cl-].[Cl-]. The highest BCUT2D eigenvalue weighted by molar-refractivity contribution is 6.13. The number of methoxy groups -OCH3 is 2. The van der Waals surface area contributed by atoms with E-state index in [1.807, 2.05) is 12.1 Å². The lowest BCUT2D eigenvalue weighted by Gasteiger charge is -2.11. The largest absolute Gasteiger partial charge is 1.00 e. The van der Waals surface area contributed by atoms with E-state index in [0.717, 1.165) is 11.1 Å². The second-order valence-electron chi connectivity index (χ2n) is 7.89. The standard InChI is InChI=1S/C27H35N3O6.3ClH/c1-33-24-9-5-19(17-26(24)35-15-13-29)3-7-22(31)21(11-12-28)23(32)8-4-20-6-10-25(34-2)27(18-20)36-16-14-30;;;/h3-10,17-18,21H,11-16,28-30H2,1-2H3;3*1H/b7-3+,8-4+;;;. The molecule has 39 heavy (non-hydrogen) atoms. The summed E-state index contributed by atoms with van der Waals surface area (Å²) in [7, 11) is 3.13. The van der Waals surface area contributed by atoms with Crippen molar-refractivity contribution in [3.05, 3.63) is 59.7 Å². The van der Waals surface area contributed by atoms with E-state index in [1.165, 1.54) is 12.2 Å². The highest BCUT2D eigenvalue weighted by Gasteiger charge is 2.22. The molecular formula is C27H38Cl3N3O6. The fourth-order valence-electron chi connectivity index (χ4n) is 3.40. The van der Waals surface area contributed by atoms with Crippen molar-refractivity contribution in [2.75, 3.05) is 47.1 Å². The first-order valence-corrected chi connectivity index (χ1v) is 11.9. The molecule has 0 atom stereocenters. The third kappa shape index (κ3) is 12.3. The van der Waals surface area contributed by atoms with Crippen molar-refractivity contribution >= 4 is 23.7 Å². The first-order valence-electron chi connectivity index (χ1n) is 11.9. The predicted molar refractivity (Wildman–Crippen MR) is 136 cm³/mol. The number of ketones is 2. The Hall–Kier alpha value is -2.79. The summed E-state index contributed by atoms with van der Waals surface area (Å²) in [5, 5.41) is 0. The van der Waals surface area contributed by atoms with E-state index in [0.29, 0.717) is 62.3 Å². The molecule has 0 aliphatic rings. The lowest BCUT2D eigenvalue weighted by Crippen LogP contribution is -3.00. The Kier molecular flexibility index (Phi) is 20.7. The smallest absolute Gasteiger partial charge is 0.166 e. The Labute approximate surface area is 248 Å². The van der Waals surface area contributed by atoms with Gasteiger partial charge in [0, 0.05) is 6.42 Å². The molecule has 9 nitrogen and oxygen atoms in total. The zero-order valence-electron chi connectivity index (χ0n) is 22.3. The van der Waals surface area contributed by atoms with Gasteiger partial charge in [-0.25, -0.2) is 0 Å². The molecule has 0 amide bonds. The summed E-state index contributed by atoms with van der Waals surface area (Å²) < 4.78 is 22.0. The van der Waals surface area contributed by atoms with Gasteiger partial charge in [-0.1, -0.05) is 24.3 Å². The molecule has 2 rings (SSSR count). The van der Waals surface area contributed by atoms with Crippen molar-refractivity contribution in [3.63, 3.8) is 0 Å². The number of carbonyl (C=O) groups is 2. The van der Waals surface area contributed by atoms with Crippen molar-refractivity contribution in [2.45, 2.75) is 6.42 Å². The number of benzene rings is 2. The molecule has 2 aromatic carbocycles. The van der Waals surface area contributed by atoms with Gasteiger partial charge in [-0.15, -0.1) is 0 Å². The zero-order valence-corrected chi connectivity index (χ0v) is 24.6. The molecule has 0 saturated heterocycles. The van der Waals surface area contributed by atoms with Crippen LogP contribution in [-0.2, 0) is 9.59 Å². The summed E-state index contributed by atoms with van der Waals surface area (Å²) >= 11 is 0. The summed E-state index contributed by atoms with van der Waals surface area (Å²) in [5.41, 5.74) is 12.9. The van der Waals surface area contributed by atoms with E-state index in [-0.39, 0.29) is 48.8 Å². The average molecular weight is 607 g/mol. The summed E-state index contributed by atoms with van der Waals surface area (Å²) in [6.45, 7) is 2.59. The van der Waals surface area contributed by atoms with Crippen LogP contribution in [0.25, 0.3) is 12.2 Å². The van der Waals surface area contributed by atoms with E-state index < -0.39 is 5.92 Å². The van der Waals surface area contributed by atoms with E-state index in [2.05, 4.69) is 17.2 Å². The van der Waals surface area contributed by atoms with Gasteiger partial charge in [0.25, 0.3) is 0 Å². The highest BCUT2D eigenvalue weighted by Crippen LogP contribution is 2.29. The van der Waals surface area contributed by atoms with Crippen molar-refractivity contribution < 1.29 is 83.0 Å². The fraction of sp³-hybridized carbons (Fsp3) is 0.333. The van der Waals surface area contributed by atoms with Crippen LogP contribution >= 0.6 is 0 Å². The lowest BCUT2D eigenvalue weighted by atomic mass is 9.93. The summed E-state index contributed by atoms with van der Waals surface area (Å²) in [6.07, 6.45) is 6.55. The molecule has 218 valence electrons. The summed E-state index contributed by atoms with van der Waals surface area (Å²) in [6, 6.07) is 10.7. The second-order valence-corrected chi connectivity index (χ2v) is 7.89. The van der Waals surface area contributed by atoms with Gasteiger partial charge in [0.2, 0.25) is 0 Å². The molecular weight excluding hydrogens is 569 g/mol. The molecule has 0 fully saturated rings. The van der Waals surface area contributed by atoms with Crippen LogP contribution in [0.4, 0.5) is 0 Å². The van der Waals surface area contributed by atoms with Crippen molar-refractivity contribution in [1.29, 1.82) is 0 Å². The first kappa shape index (κ1) is 38.4. The van der Waals surface area contributed by atoms with Crippen LogP contribution in [0.3, 0.4) is 0 Å². The van der Waals surface area contributed by atoms with Crippen LogP contribution in [0.5, 0.6) is 23.0 Å². The Morgan fingerprint density at radius 1 is 0.692 bits per heavy atom. The van der Waals surface area contributed by atoms with Crippen LogP contribution < -0.4 is 73.4 Å². The number of ether oxygens (including phenoxy) is 4. The second kappa shape index (κ2) is 21.1. The van der Waals surface area contributed by atoms with E-state index in [4.69, 9.17) is 18.9 Å². The van der Waals surface area contributed by atoms with E-state index in [1.54, 1.807) is 50.6 Å². The molecule has 0 aliphatic carbocycles. The van der Waals surface area contributed by atoms with Gasteiger partial charge in [0.05, 0.1) is 26.7 Å². The number of rotatable bonds is 16. The first-order chi connectivity index (χ1) is 17.5. The van der Waals surface area contributed by atoms with Crippen LogP contribution in [0.15, 0.2) is 48.6 Å². The quantitative estimate of drug-likeness (QED) is 0.127. The minimum atomic E-state index is -0.810. The van der Waals surface area contributed by atoms with Crippen molar-refractivity contribution in [2.24, 2.45) is 5.92 Å². The average Bonchev–Trinajstić information content (AvgIpc) is 2.90. The molecule has 0 saturated carbocycles. The molecule has 0 aromatic heterocycles. The van der Waals surface area contributed by atoms with Gasteiger partial charge in [-0.3, -0.25) is 9.59 Å². The van der Waals surface area contributed by atoms with Gasteiger partial charge in [-0.2, -0.15) is 0 Å². The molecule has 0 radical (unpaired) electrons. The number of carbonyl (C=O) groups excluding carboxylic acids is 2. The Morgan fingerprint density at radius 3 is 1.44 bits per heavy atom. The normalized spacial score (nSPS) is 10.4. The minimum Gasteiger partial charge on any atom is -1.00 e. The number of hydrogen-bond donors (Lipinski definition) is 3. The Balaban J connectivity index is 0. The minimum absolute atomic E-state index is 0. The zero-order chi connectivity index (χ0) is 26.3. The number of hydrogen-bond acceptors (Lipinski definition) is 6. The van der Waals surface area contributed by atoms with Gasteiger partial charge in [-0.05, 0) is 47.5 Å². The molecule has 0 bridgehead atoms. The monoisotopic (exact) mass is 605 g/mol. The summed E-state index contributed by atoms with van der Waals surface area (Å²) in [5.74, 6) is 0.970. The molecule has 2 aromatic rings. The van der Waals surface area contributed by atoms with Gasteiger partial charge >= 0.3 is 0 Å². The lowest BCUT2D eigenvalue weighted by molar-refractivity contribution is -0.371. The fourth-order valence-corrected chi connectivity index (χ4v) is 3.40. The molecule has 9 N–H and O–H groups in total. The van der Waals surface area contributed by atoms with Crippen molar-refractivity contribution in [3.8, 4) is 23.0 Å².